The topological polar surface area (TPSA) is 68.8 Å². The summed E-state index contributed by atoms with van der Waals surface area (Å²) in [6.07, 6.45) is -2.25. The number of piperidine rings is 1. The average molecular weight is 388 g/mol. The normalized spacial score (nSPS) is 33.9. The molecule has 3 atom stereocenters. The Morgan fingerprint density at radius 3 is 2.63 bits per heavy atom. The molecule has 1 aromatic carbocycles. The molecule has 4 N–H and O–H groups in total. The van der Waals surface area contributed by atoms with E-state index < -0.39 is 28.9 Å². The van der Waals surface area contributed by atoms with Gasteiger partial charge in [-0.2, -0.15) is 17.6 Å². The van der Waals surface area contributed by atoms with Crippen LogP contribution in [0.15, 0.2) is 30.1 Å². The van der Waals surface area contributed by atoms with Gasteiger partial charge in [-0.15, -0.1) is 5.53 Å². The highest BCUT2D eigenvalue weighted by atomic mass is 19.3. The van der Waals surface area contributed by atoms with Crippen molar-refractivity contribution in [3.8, 4) is 5.75 Å². The van der Waals surface area contributed by atoms with Gasteiger partial charge in [0.2, 0.25) is 0 Å². The van der Waals surface area contributed by atoms with Crippen molar-refractivity contribution in [1.82, 2.24) is 21.3 Å². The van der Waals surface area contributed by atoms with Crippen molar-refractivity contribution in [3.05, 3.63) is 41.2 Å². The molecule has 3 heterocycles. The van der Waals surface area contributed by atoms with E-state index in [9.17, 15) is 22.7 Å². The minimum absolute atomic E-state index is 0.0978. The standard InChI is InChI=1S/C17H20F4N4O2/c1-9-6-15(26,7-12(22-9)13-8-25(2)24-23-13)10-3-4-11-14(5-10)27-17(20,21)16(11,18)19/h3-5,8-9,12,22-24,26H,6-7H2,1-2H3/t9-,12-,15-/m0/s1. The zero-order chi connectivity index (χ0) is 19.6. The number of nitrogens with one attached hydrogen (secondary N) is 3. The average Bonchev–Trinajstić information content (AvgIpc) is 3.06. The van der Waals surface area contributed by atoms with E-state index in [1.54, 1.807) is 12.1 Å². The monoisotopic (exact) mass is 388 g/mol. The molecule has 0 unspecified atom stereocenters. The highest BCUT2D eigenvalue weighted by Gasteiger charge is 2.66. The van der Waals surface area contributed by atoms with Crippen LogP contribution >= 0.6 is 0 Å². The van der Waals surface area contributed by atoms with Crippen LogP contribution in [0.5, 0.6) is 5.75 Å². The van der Waals surface area contributed by atoms with Gasteiger partial charge in [0.25, 0.3) is 0 Å². The second kappa shape index (κ2) is 5.73. The Balaban J connectivity index is 1.66. The lowest BCUT2D eigenvalue weighted by molar-refractivity contribution is -0.296. The number of benzene rings is 1. The second-order valence-corrected chi connectivity index (χ2v) is 7.40. The Labute approximate surface area is 153 Å². The first-order valence-electron chi connectivity index (χ1n) is 8.56. The third kappa shape index (κ3) is 2.82. The van der Waals surface area contributed by atoms with Crippen LogP contribution in [-0.4, -0.2) is 35.4 Å². The molecule has 0 aliphatic carbocycles. The number of hydrazine groups is 2. The van der Waals surface area contributed by atoms with Crippen molar-refractivity contribution in [2.45, 2.75) is 49.5 Å². The van der Waals surface area contributed by atoms with E-state index in [0.717, 1.165) is 17.8 Å². The van der Waals surface area contributed by atoms with Crippen LogP contribution in [0.4, 0.5) is 17.6 Å². The summed E-state index contributed by atoms with van der Waals surface area (Å²) in [7, 11) is 1.80. The highest BCUT2D eigenvalue weighted by Crippen LogP contribution is 2.54. The minimum Gasteiger partial charge on any atom is -0.427 e. The second-order valence-electron chi connectivity index (χ2n) is 7.40. The van der Waals surface area contributed by atoms with E-state index in [2.05, 4.69) is 21.0 Å². The van der Waals surface area contributed by atoms with Gasteiger partial charge >= 0.3 is 12.0 Å². The summed E-state index contributed by atoms with van der Waals surface area (Å²) < 4.78 is 58.7. The first-order valence-corrected chi connectivity index (χ1v) is 8.56. The van der Waals surface area contributed by atoms with E-state index >= 15 is 0 Å². The molecule has 0 aromatic heterocycles. The van der Waals surface area contributed by atoms with E-state index in [1.165, 1.54) is 6.07 Å². The number of hydrogen-bond acceptors (Lipinski definition) is 6. The van der Waals surface area contributed by atoms with Gasteiger partial charge in [-0.25, -0.2) is 0 Å². The molecule has 148 valence electrons. The Morgan fingerprint density at radius 1 is 1.22 bits per heavy atom. The predicted octanol–water partition coefficient (Wildman–Crippen LogP) is 1.89. The molecule has 10 heteroatoms. The molecule has 3 aliphatic heterocycles. The zero-order valence-electron chi connectivity index (χ0n) is 14.7. The Bertz CT molecular complexity index is 803. The molecule has 1 saturated heterocycles. The summed E-state index contributed by atoms with van der Waals surface area (Å²) in [4.78, 5) is 0. The van der Waals surface area contributed by atoms with Crippen LogP contribution in [0.25, 0.3) is 0 Å². The molecule has 0 bridgehead atoms. The van der Waals surface area contributed by atoms with Crippen LogP contribution in [0.3, 0.4) is 0 Å². The Hall–Kier alpha value is -2.04. The zero-order valence-corrected chi connectivity index (χ0v) is 14.7. The molecule has 27 heavy (non-hydrogen) atoms. The molecule has 6 nitrogen and oxygen atoms in total. The highest BCUT2D eigenvalue weighted by molar-refractivity contribution is 5.46. The van der Waals surface area contributed by atoms with Gasteiger partial charge in [-0.1, -0.05) is 6.07 Å². The van der Waals surface area contributed by atoms with E-state index in [-0.39, 0.29) is 24.1 Å². The molecular formula is C17H20F4N4O2. The smallest absolute Gasteiger partial charge is 0.427 e. The number of halogens is 4. The van der Waals surface area contributed by atoms with Gasteiger partial charge in [0.1, 0.15) is 5.75 Å². The lowest BCUT2D eigenvalue weighted by Crippen LogP contribution is -2.53. The van der Waals surface area contributed by atoms with Gasteiger partial charge in [-0.05, 0) is 31.0 Å². The lowest BCUT2D eigenvalue weighted by Gasteiger charge is -2.41. The largest absolute Gasteiger partial charge is 0.469 e. The molecule has 1 aromatic rings. The predicted molar refractivity (Wildman–Crippen MR) is 87.5 cm³/mol. The first kappa shape index (κ1) is 18.3. The molecular weight excluding hydrogens is 368 g/mol. The molecule has 3 aliphatic rings. The molecule has 0 radical (unpaired) electrons. The number of ether oxygens (including phenoxy) is 1. The summed E-state index contributed by atoms with van der Waals surface area (Å²) in [6, 6.07) is 2.94. The fourth-order valence-corrected chi connectivity index (χ4v) is 3.94. The molecule has 0 spiro atoms. The maximum Gasteiger partial charge on any atom is 0.469 e. The maximum absolute atomic E-state index is 13.8. The fraction of sp³-hybridized carbons (Fsp3) is 0.529. The van der Waals surface area contributed by atoms with Gasteiger partial charge in [0.05, 0.1) is 22.9 Å². The fourth-order valence-electron chi connectivity index (χ4n) is 3.94. The SMILES string of the molecule is C[C@H]1C[C@@](O)(c2ccc3c(c2)OC(F)(F)C3(F)F)C[C@@H](C2=CN(C)NN2)N1. The number of nitrogens with zero attached hydrogens (tertiary/aromatic N) is 1. The summed E-state index contributed by atoms with van der Waals surface area (Å²) in [5.74, 6) is -5.00. The quantitative estimate of drug-likeness (QED) is 0.581. The maximum atomic E-state index is 13.8. The summed E-state index contributed by atoms with van der Waals surface area (Å²) in [5, 5.41) is 16.3. The molecule has 0 amide bonds. The number of alkyl halides is 4. The summed E-state index contributed by atoms with van der Waals surface area (Å²) in [5.41, 5.74) is 4.69. The number of rotatable bonds is 2. The summed E-state index contributed by atoms with van der Waals surface area (Å²) >= 11 is 0. The van der Waals surface area contributed by atoms with Crippen molar-refractivity contribution in [2.75, 3.05) is 7.05 Å². The van der Waals surface area contributed by atoms with Gasteiger partial charge in [0.15, 0.2) is 0 Å². The Kier molecular flexibility index (Phi) is 3.89. The Morgan fingerprint density at radius 2 is 1.96 bits per heavy atom. The number of hydrogen-bond donors (Lipinski definition) is 4. The molecule has 0 saturated carbocycles. The van der Waals surface area contributed by atoms with Crippen LogP contribution in [0.1, 0.15) is 30.9 Å². The van der Waals surface area contributed by atoms with Crippen LogP contribution in [-0.2, 0) is 11.5 Å². The third-order valence-electron chi connectivity index (χ3n) is 5.22. The van der Waals surface area contributed by atoms with Gasteiger partial charge in [-0.3, -0.25) is 5.01 Å². The number of aliphatic hydroxyl groups is 1. The third-order valence-corrected chi connectivity index (χ3v) is 5.22. The van der Waals surface area contributed by atoms with Gasteiger partial charge in [0, 0.05) is 25.7 Å². The lowest BCUT2D eigenvalue weighted by atomic mass is 9.78. The van der Waals surface area contributed by atoms with Crippen molar-refractivity contribution >= 4 is 0 Å². The number of fused-ring (bicyclic) bond motifs is 1. The van der Waals surface area contributed by atoms with Crippen molar-refractivity contribution in [1.29, 1.82) is 0 Å². The van der Waals surface area contributed by atoms with Gasteiger partial charge < -0.3 is 20.6 Å². The van der Waals surface area contributed by atoms with Crippen molar-refractivity contribution in [3.63, 3.8) is 0 Å². The van der Waals surface area contributed by atoms with E-state index in [0.29, 0.717) is 6.42 Å². The first-order chi connectivity index (χ1) is 12.5. The summed E-state index contributed by atoms with van der Waals surface area (Å²) in [6.45, 7) is 1.88. The van der Waals surface area contributed by atoms with Crippen LogP contribution < -0.4 is 21.0 Å². The minimum atomic E-state index is -4.60. The molecule has 4 rings (SSSR count). The van der Waals surface area contributed by atoms with E-state index in [1.807, 2.05) is 13.1 Å². The van der Waals surface area contributed by atoms with Crippen molar-refractivity contribution in [2.24, 2.45) is 0 Å². The van der Waals surface area contributed by atoms with Crippen molar-refractivity contribution < 1.29 is 27.4 Å². The van der Waals surface area contributed by atoms with Crippen LogP contribution in [0.2, 0.25) is 0 Å². The van der Waals surface area contributed by atoms with E-state index in [4.69, 9.17) is 0 Å². The van der Waals surface area contributed by atoms with Crippen LogP contribution in [0, 0.1) is 0 Å². The molecule has 1 fully saturated rings.